The van der Waals surface area contributed by atoms with E-state index >= 15 is 0 Å². The maximum absolute atomic E-state index is 12.3. The second-order valence-electron chi connectivity index (χ2n) is 6.71. The smallest absolute Gasteiger partial charge is 0.241 e. The van der Waals surface area contributed by atoms with Crippen molar-refractivity contribution in [3.8, 4) is 5.75 Å². The minimum atomic E-state index is -0.180. The van der Waals surface area contributed by atoms with Crippen LogP contribution in [0.15, 0.2) is 66.7 Å². The van der Waals surface area contributed by atoms with Gasteiger partial charge in [-0.15, -0.1) is 0 Å². The molecule has 29 heavy (non-hydrogen) atoms. The fourth-order valence-corrected chi connectivity index (χ4v) is 3.07. The van der Waals surface area contributed by atoms with Gasteiger partial charge in [0.15, 0.2) is 0 Å². The molecule has 0 bridgehead atoms. The van der Waals surface area contributed by atoms with Crippen LogP contribution in [0.3, 0.4) is 0 Å². The number of hydrogen-bond acceptors (Lipinski definition) is 3. The van der Waals surface area contributed by atoms with E-state index in [1.807, 2.05) is 42.5 Å². The summed E-state index contributed by atoms with van der Waals surface area (Å²) in [7, 11) is 1.68. The monoisotopic (exact) mass is 410 g/mol. The summed E-state index contributed by atoms with van der Waals surface area (Å²) in [5.74, 6) is 0.343. The number of amides is 2. The first-order chi connectivity index (χ1) is 14.0. The molecule has 0 aliphatic carbocycles. The Kier molecular flexibility index (Phi) is 7.09. The molecule has 5 nitrogen and oxygen atoms in total. The lowest BCUT2D eigenvalue weighted by atomic mass is 10.0. The zero-order valence-electron chi connectivity index (χ0n) is 16.2. The van der Waals surface area contributed by atoms with Crippen LogP contribution in [0.2, 0.25) is 5.02 Å². The molecule has 0 saturated carbocycles. The van der Waals surface area contributed by atoms with Gasteiger partial charge < -0.3 is 15.0 Å². The van der Waals surface area contributed by atoms with Crippen molar-refractivity contribution in [2.24, 2.45) is 0 Å². The van der Waals surface area contributed by atoms with E-state index in [0.29, 0.717) is 23.9 Å². The number of rotatable bonds is 8. The molecule has 0 radical (unpaired) electrons. The summed E-state index contributed by atoms with van der Waals surface area (Å²) in [6.07, 6.45) is 0.234. The Balaban J connectivity index is 1.43. The van der Waals surface area contributed by atoms with Crippen molar-refractivity contribution in [2.45, 2.75) is 6.42 Å². The molecule has 0 saturated heterocycles. The van der Waals surface area contributed by atoms with Crippen LogP contribution in [0, 0.1) is 0 Å². The number of fused-ring (bicyclic) bond motifs is 1. The third-order valence-corrected chi connectivity index (χ3v) is 4.85. The van der Waals surface area contributed by atoms with Crippen molar-refractivity contribution in [2.75, 3.05) is 26.7 Å². The summed E-state index contributed by atoms with van der Waals surface area (Å²) < 4.78 is 5.59. The summed E-state index contributed by atoms with van der Waals surface area (Å²) in [5.41, 5.74) is 0.942. The number of likely N-dealkylation sites (N-methyl/N-ethyl adjacent to an activating group) is 1. The minimum absolute atomic E-state index is 0.0406. The zero-order chi connectivity index (χ0) is 20.6. The number of ether oxygens (including phenoxy) is 1. The van der Waals surface area contributed by atoms with Crippen LogP contribution in [-0.2, 0) is 16.0 Å². The van der Waals surface area contributed by atoms with Gasteiger partial charge in [-0.2, -0.15) is 0 Å². The van der Waals surface area contributed by atoms with Crippen LogP contribution in [-0.4, -0.2) is 43.5 Å². The van der Waals surface area contributed by atoms with E-state index in [4.69, 9.17) is 16.3 Å². The molecule has 3 aromatic carbocycles. The molecule has 2 amide bonds. The molecule has 3 aromatic rings. The van der Waals surface area contributed by atoms with Crippen LogP contribution in [0.4, 0.5) is 0 Å². The maximum atomic E-state index is 12.3. The fraction of sp³-hybridized carbons (Fsp3) is 0.217. The lowest BCUT2D eigenvalue weighted by Gasteiger charge is -2.18. The van der Waals surface area contributed by atoms with E-state index in [2.05, 4.69) is 5.32 Å². The molecule has 0 aliphatic heterocycles. The van der Waals surface area contributed by atoms with Crippen LogP contribution in [0.1, 0.15) is 5.56 Å². The van der Waals surface area contributed by atoms with Gasteiger partial charge in [-0.05, 0) is 40.6 Å². The Morgan fingerprint density at radius 2 is 1.72 bits per heavy atom. The van der Waals surface area contributed by atoms with Crippen LogP contribution in [0.25, 0.3) is 10.8 Å². The second-order valence-corrected chi connectivity index (χ2v) is 7.15. The van der Waals surface area contributed by atoms with Gasteiger partial charge in [0, 0.05) is 12.1 Å². The van der Waals surface area contributed by atoms with Crippen molar-refractivity contribution in [3.05, 3.63) is 77.3 Å². The third kappa shape index (κ3) is 5.96. The highest BCUT2D eigenvalue weighted by molar-refractivity contribution is 6.30. The predicted octanol–water partition coefficient (Wildman–Crippen LogP) is 3.69. The number of carbonyl (C=O) groups excluding carboxylic acids is 2. The van der Waals surface area contributed by atoms with Crippen molar-refractivity contribution >= 4 is 34.2 Å². The SMILES string of the molecule is CN(CCOc1ccc(Cl)cc1)C(=O)CNC(=O)Cc1cccc2ccccc12. The van der Waals surface area contributed by atoms with Crippen LogP contribution >= 0.6 is 11.6 Å². The number of benzene rings is 3. The molecule has 0 spiro atoms. The Hall–Kier alpha value is -3.05. The minimum Gasteiger partial charge on any atom is -0.492 e. The lowest BCUT2D eigenvalue weighted by molar-refractivity contribution is -0.131. The Morgan fingerprint density at radius 3 is 2.52 bits per heavy atom. The molecular formula is C23H23ClN2O3. The van der Waals surface area contributed by atoms with E-state index in [-0.39, 0.29) is 24.8 Å². The van der Waals surface area contributed by atoms with Gasteiger partial charge in [-0.25, -0.2) is 0 Å². The summed E-state index contributed by atoms with van der Waals surface area (Å²) in [6, 6.07) is 20.9. The van der Waals surface area contributed by atoms with Gasteiger partial charge >= 0.3 is 0 Å². The Labute approximate surface area is 175 Å². The molecule has 0 atom stereocenters. The quantitative estimate of drug-likeness (QED) is 0.616. The maximum Gasteiger partial charge on any atom is 0.241 e. The standard InChI is InChI=1S/C23H23ClN2O3/c1-26(13-14-29-20-11-9-19(24)10-12-20)23(28)16-25-22(27)15-18-7-4-6-17-5-2-3-8-21(17)18/h2-12H,13-16H2,1H3,(H,25,27). The first-order valence-electron chi connectivity index (χ1n) is 9.38. The fourth-order valence-electron chi connectivity index (χ4n) is 2.95. The van der Waals surface area contributed by atoms with Crippen molar-refractivity contribution in [1.82, 2.24) is 10.2 Å². The van der Waals surface area contributed by atoms with Gasteiger partial charge in [0.25, 0.3) is 0 Å². The number of nitrogens with one attached hydrogen (secondary N) is 1. The second kappa shape index (κ2) is 9.94. The highest BCUT2D eigenvalue weighted by atomic mass is 35.5. The first-order valence-corrected chi connectivity index (χ1v) is 9.76. The molecule has 6 heteroatoms. The number of carbonyl (C=O) groups is 2. The number of halogens is 1. The summed E-state index contributed by atoms with van der Waals surface area (Å²) in [5, 5.41) is 5.49. The van der Waals surface area contributed by atoms with Gasteiger partial charge in [-0.1, -0.05) is 54.1 Å². The first kappa shape index (κ1) is 20.7. The molecule has 0 aliphatic rings. The largest absolute Gasteiger partial charge is 0.492 e. The van der Waals surface area contributed by atoms with E-state index in [9.17, 15) is 9.59 Å². The molecule has 3 rings (SSSR count). The summed E-state index contributed by atoms with van der Waals surface area (Å²) in [4.78, 5) is 26.1. The van der Waals surface area contributed by atoms with E-state index < -0.39 is 0 Å². The van der Waals surface area contributed by atoms with E-state index in [1.165, 1.54) is 4.90 Å². The van der Waals surface area contributed by atoms with Gasteiger partial charge in [0.1, 0.15) is 12.4 Å². The molecule has 1 N–H and O–H groups in total. The van der Waals surface area contributed by atoms with E-state index in [0.717, 1.165) is 16.3 Å². The topological polar surface area (TPSA) is 58.6 Å². The molecule has 0 unspecified atom stereocenters. The highest BCUT2D eigenvalue weighted by Crippen LogP contribution is 2.19. The Bertz CT molecular complexity index is 984. The predicted molar refractivity (Wildman–Crippen MR) is 115 cm³/mol. The normalized spacial score (nSPS) is 10.6. The number of hydrogen-bond donors (Lipinski definition) is 1. The molecule has 150 valence electrons. The molecular weight excluding hydrogens is 388 g/mol. The van der Waals surface area contributed by atoms with E-state index in [1.54, 1.807) is 31.3 Å². The Morgan fingerprint density at radius 1 is 1.00 bits per heavy atom. The molecule has 0 fully saturated rings. The third-order valence-electron chi connectivity index (χ3n) is 4.60. The van der Waals surface area contributed by atoms with Gasteiger partial charge in [0.2, 0.25) is 11.8 Å². The van der Waals surface area contributed by atoms with Gasteiger partial charge in [-0.3, -0.25) is 9.59 Å². The van der Waals surface area contributed by atoms with Crippen molar-refractivity contribution in [3.63, 3.8) is 0 Å². The molecule has 0 heterocycles. The summed E-state index contributed by atoms with van der Waals surface area (Å²) >= 11 is 5.83. The number of nitrogens with zero attached hydrogens (tertiary/aromatic N) is 1. The van der Waals surface area contributed by atoms with Gasteiger partial charge in [0.05, 0.1) is 19.5 Å². The molecule has 0 aromatic heterocycles. The summed E-state index contributed by atoms with van der Waals surface area (Å²) in [6.45, 7) is 0.732. The van der Waals surface area contributed by atoms with Crippen molar-refractivity contribution < 1.29 is 14.3 Å². The lowest BCUT2D eigenvalue weighted by Crippen LogP contribution is -2.40. The average Bonchev–Trinajstić information content (AvgIpc) is 2.73. The average molecular weight is 411 g/mol. The highest BCUT2D eigenvalue weighted by Gasteiger charge is 2.12. The van der Waals surface area contributed by atoms with Crippen LogP contribution < -0.4 is 10.1 Å². The van der Waals surface area contributed by atoms with Crippen LogP contribution in [0.5, 0.6) is 5.75 Å². The zero-order valence-corrected chi connectivity index (χ0v) is 17.0. The van der Waals surface area contributed by atoms with Crippen molar-refractivity contribution in [1.29, 1.82) is 0 Å².